The van der Waals surface area contributed by atoms with E-state index in [-0.39, 0.29) is 6.17 Å². The molecule has 11 rings (SSSR count). The predicted molar refractivity (Wildman–Crippen MR) is 199 cm³/mol. The van der Waals surface area contributed by atoms with Crippen molar-refractivity contribution in [2.24, 2.45) is 4.99 Å². The van der Waals surface area contributed by atoms with Crippen molar-refractivity contribution in [1.29, 1.82) is 0 Å². The van der Waals surface area contributed by atoms with E-state index >= 15 is 0 Å². The van der Waals surface area contributed by atoms with Gasteiger partial charge in [0.05, 0.1) is 33.5 Å². The molecule has 0 spiro atoms. The molecule has 0 bridgehead atoms. The summed E-state index contributed by atoms with van der Waals surface area (Å²) < 4.78 is 4.98. The van der Waals surface area contributed by atoms with E-state index in [0.29, 0.717) is 0 Å². The molecule has 0 saturated heterocycles. The second-order valence-electron chi connectivity index (χ2n) is 13.2. The van der Waals surface area contributed by atoms with Crippen molar-refractivity contribution in [3.8, 4) is 27.9 Å². The predicted octanol–water partition coefficient (Wildman–Crippen LogP) is 10.7. The lowest BCUT2D eigenvalue weighted by molar-refractivity contribution is 0.570. The molecule has 48 heavy (non-hydrogen) atoms. The van der Waals surface area contributed by atoms with E-state index in [1.165, 1.54) is 77.1 Å². The van der Waals surface area contributed by atoms with Crippen LogP contribution in [-0.2, 0) is 0 Å². The maximum absolute atomic E-state index is 5.24. The van der Waals surface area contributed by atoms with E-state index in [0.717, 1.165) is 29.9 Å². The van der Waals surface area contributed by atoms with Gasteiger partial charge in [-0.05, 0) is 71.5 Å². The Hall–Kier alpha value is -6.13. The van der Waals surface area contributed by atoms with Gasteiger partial charge in [0.2, 0.25) is 0 Å². The van der Waals surface area contributed by atoms with Crippen LogP contribution in [0.4, 0.5) is 0 Å². The second kappa shape index (κ2) is 9.69. The Balaban J connectivity index is 1.22. The number of hydrogen-bond donors (Lipinski definition) is 1. The van der Waals surface area contributed by atoms with Crippen LogP contribution in [0.1, 0.15) is 24.6 Å². The van der Waals surface area contributed by atoms with Crippen LogP contribution >= 0.6 is 0 Å². The first-order chi connectivity index (χ1) is 23.8. The molecule has 2 aliphatic heterocycles. The van der Waals surface area contributed by atoms with Crippen molar-refractivity contribution in [3.05, 3.63) is 163 Å². The molecule has 0 saturated carbocycles. The van der Waals surface area contributed by atoms with E-state index in [1.807, 2.05) is 0 Å². The smallest absolute Gasteiger partial charge is 0.148 e. The van der Waals surface area contributed by atoms with E-state index < -0.39 is 0 Å². The van der Waals surface area contributed by atoms with Crippen molar-refractivity contribution in [2.45, 2.75) is 19.0 Å². The molecule has 0 amide bonds. The molecule has 2 aromatic heterocycles. The lowest BCUT2D eigenvalue weighted by atomic mass is 10.0. The molecule has 226 valence electrons. The van der Waals surface area contributed by atoms with Crippen LogP contribution in [0.25, 0.3) is 71.6 Å². The number of aliphatic imine (C=N–C) groups is 1. The highest BCUT2D eigenvalue weighted by molar-refractivity contribution is 6.26. The molecule has 1 unspecified atom stereocenters. The average molecular weight is 615 g/mol. The molecule has 3 aliphatic rings. The zero-order valence-corrected chi connectivity index (χ0v) is 26.2. The monoisotopic (exact) mass is 614 g/mol. The second-order valence-corrected chi connectivity index (χ2v) is 13.2. The average Bonchev–Trinajstić information content (AvgIpc) is 3.77. The molecule has 1 N–H and O–H groups in total. The van der Waals surface area contributed by atoms with Crippen molar-refractivity contribution in [3.63, 3.8) is 0 Å². The number of nitrogens with one attached hydrogen (secondary N) is 1. The van der Waals surface area contributed by atoms with Crippen LogP contribution in [-0.4, -0.2) is 14.8 Å². The number of hydrogen-bond acceptors (Lipinski definition) is 2. The fourth-order valence-electron chi connectivity index (χ4n) is 8.35. The number of fused-ring (bicyclic) bond motifs is 9. The van der Waals surface area contributed by atoms with Crippen LogP contribution < -0.4 is 5.32 Å². The SMILES string of the molecule is C1=CC2=C(CC1)NC1C(=N2)c2cccc3c4cc5c6ccc(-c7ccccc7)cc6n(-c6cccc(-c7ccccc7)c6)c5cc4n1c23. The van der Waals surface area contributed by atoms with Gasteiger partial charge in [0.1, 0.15) is 6.17 Å². The number of rotatable bonds is 3. The van der Waals surface area contributed by atoms with E-state index in [2.05, 4.69) is 160 Å². The fraction of sp³-hybridized carbons (Fsp3) is 0.0682. The Kier molecular flexibility index (Phi) is 5.25. The maximum atomic E-state index is 5.24. The summed E-state index contributed by atoms with van der Waals surface area (Å²) in [4.78, 5) is 5.24. The van der Waals surface area contributed by atoms with Crippen LogP contribution in [0, 0.1) is 0 Å². The first-order valence-corrected chi connectivity index (χ1v) is 16.8. The van der Waals surface area contributed by atoms with E-state index in [9.17, 15) is 0 Å². The summed E-state index contributed by atoms with van der Waals surface area (Å²) in [6.45, 7) is 0. The van der Waals surface area contributed by atoms with Gasteiger partial charge < -0.3 is 14.5 Å². The summed E-state index contributed by atoms with van der Waals surface area (Å²) in [7, 11) is 0. The molecule has 8 aromatic rings. The number of nitrogens with zero attached hydrogens (tertiary/aromatic N) is 3. The lowest BCUT2D eigenvalue weighted by Gasteiger charge is -2.28. The first-order valence-electron chi connectivity index (χ1n) is 16.8. The van der Waals surface area contributed by atoms with Crippen molar-refractivity contribution in [1.82, 2.24) is 14.5 Å². The summed E-state index contributed by atoms with van der Waals surface area (Å²) in [6.07, 6.45) is 6.44. The first kappa shape index (κ1) is 26.0. The summed E-state index contributed by atoms with van der Waals surface area (Å²) >= 11 is 0. The number of para-hydroxylation sites is 1. The zero-order chi connectivity index (χ0) is 31.3. The molecular formula is C44H30N4. The van der Waals surface area contributed by atoms with Crippen molar-refractivity contribution in [2.75, 3.05) is 0 Å². The van der Waals surface area contributed by atoms with Gasteiger partial charge in [-0.25, -0.2) is 4.99 Å². The summed E-state index contributed by atoms with van der Waals surface area (Å²) in [6, 6.07) is 48.9. The van der Waals surface area contributed by atoms with Gasteiger partial charge in [-0.1, -0.05) is 109 Å². The van der Waals surface area contributed by atoms with E-state index in [4.69, 9.17) is 4.99 Å². The third-order valence-electron chi connectivity index (χ3n) is 10.5. The molecule has 6 aromatic carbocycles. The summed E-state index contributed by atoms with van der Waals surface area (Å²) in [5.74, 6) is 0. The third kappa shape index (κ3) is 3.57. The Morgan fingerprint density at radius 2 is 1.31 bits per heavy atom. The van der Waals surface area contributed by atoms with Gasteiger partial charge in [-0.2, -0.15) is 0 Å². The van der Waals surface area contributed by atoms with Crippen molar-refractivity contribution >= 4 is 49.3 Å². The summed E-state index contributed by atoms with van der Waals surface area (Å²) in [5, 5.41) is 9.02. The van der Waals surface area contributed by atoms with E-state index in [1.54, 1.807) is 0 Å². The maximum Gasteiger partial charge on any atom is 0.148 e. The minimum absolute atomic E-state index is 0.0194. The lowest BCUT2D eigenvalue weighted by Crippen LogP contribution is -2.33. The molecular weight excluding hydrogens is 585 g/mol. The van der Waals surface area contributed by atoms with Crippen LogP contribution in [0.5, 0.6) is 0 Å². The molecule has 4 heteroatoms. The number of aromatic nitrogens is 2. The van der Waals surface area contributed by atoms with Crippen LogP contribution in [0.2, 0.25) is 0 Å². The fourth-order valence-corrected chi connectivity index (χ4v) is 8.35. The normalized spacial score (nSPS) is 16.5. The number of benzene rings is 6. The van der Waals surface area contributed by atoms with Crippen LogP contribution in [0.3, 0.4) is 0 Å². The molecule has 1 atom stereocenters. The molecule has 4 heterocycles. The molecule has 1 aliphatic carbocycles. The largest absolute Gasteiger partial charge is 0.362 e. The highest BCUT2D eigenvalue weighted by Crippen LogP contribution is 2.45. The topological polar surface area (TPSA) is 34.2 Å². The molecule has 4 nitrogen and oxygen atoms in total. The van der Waals surface area contributed by atoms with Gasteiger partial charge >= 0.3 is 0 Å². The van der Waals surface area contributed by atoms with Gasteiger partial charge in [-0.3, -0.25) is 0 Å². The van der Waals surface area contributed by atoms with Crippen LogP contribution in [0.15, 0.2) is 162 Å². The van der Waals surface area contributed by atoms with Gasteiger partial charge in [0.15, 0.2) is 0 Å². The molecule has 0 radical (unpaired) electrons. The Labute approximate surface area is 277 Å². The molecule has 0 fully saturated rings. The standard InChI is InChI=1S/C44H30N4/c1-3-11-27(12-4-1)29-15-9-16-31(23-29)47-39-24-30(28-13-5-2-6-14-28)21-22-32(39)35-25-36-33-17-10-18-34-42-44(46-38-20-8-7-19-37(38)45-42)48(43(33)34)41(36)26-40(35)47/h1-7,9-19,21-26,44,46H,8,20H2. The Morgan fingerprint density at radius 3 is 2.15 bits per heavy atom. The minimum atomic E-state index is -0.0194. The zero-order valence-electron chi connectivity index (χ0n) is 26.2. The van der Waals surface area contributed by atoms with Gasteiger partial charge in [-0.15, -0.1) is 0 Å². The van der Waals surface area contributed by atoms with Gasteiger partial charge in [0.25, 0.3) is 0 Å². The van der Waals surface area contributed by atoms with Gasteiger partial charge in [0, 0.05) is 38.5 Å². The number of allylic oxidation sites excluding steroid dienone is 3. The highest BCUT2D eigenvalue weighted by atomic mass is 15.2. The quantitative estimate of drug-likeness (QED) is 0.211. The third-order valence-corrected chi connectivity index (χ3v) is 10.5. The highest BCUT2D eigenvalue weighted by Gasteiger charge is 2.36. The Morgan fingerprint density at radius 1 is 0.583 bits per heavy atom. The summed E-state index contributed by atoms with van der Waals surface area (Å²) in [5.41, 5.74) is 15.6. The van der Waals surface area contributed by atoms with Crippen molar-refractivity contribution < 1.29 is 0 Å². The Bertz CT molecular complexity index is 2740. The minimum Gasteiger partial charge on any atom is -0.362 e.